The Labute approximate surface area is 104 Å². The molecular weight excluding hydrogens is 270 g/mol. The van der Waals surface area contributed by atoms with Crippen LogP contribution in [0.5, 0.6) is 5.88 Å². The van der Waals surface area contributed by atoms with Gasteiger partial charge in [0, 0.05) is 6.54 Å². The molecule has 0 spiro atoms. The molecule has 0 saturated heterocycles. The zero-order chi connectivity index (χ0) is 11.4. The Morgan fingerprint density at radius 3 is 3.06 bits per heavy atom. The van der Waals surface area contributed by atoms with E-state index in [2.05, 4.69) is 38.1 Å². The fraction of sp³-hybridized carbons (Fsp3) is 0.636. The highest BCUT2D eigenvalue weighted by atomic mass is 79.9. The molecule has 1 fully saturated rings. The number of hydrogen-bond acceptors (Lipinski definition) is 4. The Bertz CT molecular complexity index is 355. The summed E-state index contributed by atoms with van der Waals surface area (Å²) in [6.45, 7) is 3.75. The zero-order valence-corrected chi connectivity index (χ0v) is 11.0. The largest absolute Gasteiger partial charge is 0.476 e. The number of aromatic nitrogens is 2. The third-order valence-electron chi connectivity index (χ3n) is 2.40. The summed E-state index contributed by atoms with van der Waals surface area (Å²) in [6, 6.07) is 0. The van der Waals surface area contributed by atoms with Crippen LogP contribution in [-0.4, -0.2) is 23.1 Å². The minimum atomic E-state index is 0.635. The van der Waals surface area contributed by atoms with Crippen molar-refractivity contribution in [3.8, 4) is 5.88 Å². The Morgan fingerprint density at radius 2 is 2.38 bits per heavy atom. The average molecular weight is 286 g/mol. The van der Waals surface area contributed by atoms with Crippen molar-refractivity contribution in [2.24, 2.45) is 5.92 Å². The lowest BCUT2D eigenvalue weighted by atomic mass is 10.5. The standard InChI is InChI=1S/C11H16BrN3O/c1-2-5-13-11-14-6-9(12)10(15-11)16-7-8-3-4-8/h6,8H,2-5,7H2,1H3,(H,13,14,15). The van der Waals surface area contributed by atoms with E-state index >= 15 is 0 Å². The molecule has 5 heteroatoms. The van der Waals surface area contributed by atoms with Gasteiger partial charge in [-0.3, -0.25) is 0 Å². The van der Waals surface area contributed by atoms with E-state index in [4.69, 9.17) is 4.74 Å². The number of halogens is 1. The first kappa shape index (κ1) is 11.6. The van der Waals surface area contributed by atoms with E-state index in [9.17, 15) is 0 Å². The van der Waals surface area contributed by atoms with Crippen LogP contribution in [0.25, 0.3) is 0 Å². The van der Waals surface area contributed by atoms with Crippen LogP contribution in [0.15, 0.2) is 10.7 Å². The molecule has 0 aromatic carbocycles. The number of hydrogen-bond donors (Lipinski definition) is 1. The molecule has 1 N–H and O–H groups in total. The van der Waals surface area contributed by atoms with Crippen LogP contribution in [0, 0.1) is 5.92 Å². The lowest BCUT2D eigenvalue weighted by Crippen LogP contribution is -2.07. The van der Waals surface area contributed by atoms with Gasteiger partial charge < -0.3 is 10.1 Å². The monoisotopic (exact) mass is 285 g/mol. The molecular formula is C11H16BrN3O. The van der Waals surface area contributed by atoms with Gasteiger partial charge in [0.15, 0.2) is 0 Å². The summed E-state index contributed by atoms with van der Waals surface area (Å²) in [6.07, 6.45) is 5.35. The van der Waals surface area contributed by atoms with Gasteiger partial charge in [-0.1, -0.05) is 6.92 Å². The molecule has 0 amide bonds. The summed E-state index contributed by atoms with van der Waals surface area (Å²) in [4.78, 5) is 8.49. The second-order valence-electron chi connectivity index (χ2n) is 4.03. The summed E-state index contributed by atoms with van der Waals surface area (Å²) in [7, 11) is 0. The van der Waals surface area contributed by atoms with E-state index in [0.29, 0.717) is 11.8 Å². The van der Waals surface area contributed by atoms with Gasteiger partial charge in [-0.05, 0) is 41.1 Å². The topological polar surface area (TPSA) is 47.0 Å². The van der Waals surface area contributed by atoms with Crippen LogP contribution >= 0.6 is 15.9 Å². The lowest BCUT2D eigenvalue weighted by molar-refractivity contribution is 0.286. The molecule has 1 aromatic heterocycles. The highest BCUT2D eigenvalue weighted by Crippen LogP contribution is 2.31. The third-order valence-corrected chi connectivity index (χ3v) is 2.94. The number of ether oxygens (including phenoxy) is 1. The highest BCUT2D eigenvalue weighted by Gasteiger charge is 2.22. The van der Waals surface area contributed by atoms with E-state index in [1.54, 1.807) is 6.20 Å². The molecule has 0 bridgehead atoms. The van der Waals surface area contributed by atoms with Gasteiger partial charge in [0.2, 0.25) is 11.8 Å². The van der Waals surface area contributed by atoms with Crippen LogP contribution in [0.1, 0.15) is 26.2 Å². The van der Waals surface area contributed by atoms with Gasteiger partial charge in [0.25, 0.3) is 0 Å². The van der Waals surface area contributed by atoms with Crippen molar-refractivity contribution in [1.29, 1.82) is 0 Å². The summed E-state index contributed by atoms with van der Waals surface area (Å²) in [5, 5.41) is 3.14. The SMILES string of the molecule is CCCNc1ncc(Br)c(OCC2CC2)n1. The molecule has 1 saturated carbocycles. The maximum Gasteiger partial charge on any atom is 0.232 e. The quantitative estimate of drug-likeness (QED) is 0.873. The minimum absolute atomic E-state index is 0.635. The number of nitrogens with zero attached hydrogens (tertiary/aromatic N) is 2. The first-order valence-corrected chi connectivity index (χ1v) is 6.48. The zero-order valence-electron chi connectivity index (χ0n) is 9.37. The number of rotatable bonds is 6. The molecule has 2 rings (SSSR count). The Morgan fingerprint density at radius 1 is 1.56 bits per heavy atom. The fourth-order valence-electron chi connectivity index (χ4n) is 1.26. The first-order chi connectivity index (χ1) is 7.79. The predicted molar refractivity (Wildman–Crippen MR) is 66.7 cm³/mol. The molecule has 0 radical (unpaired) electrons. The van der Waals surface area contributed by atoms with E-state index in [0.717, 1.165) is 30.0 Å². The molecule has 1 heterocycles. The second kappa shape index (κ2) is 5.48. The molecule has 16 heavy (non-hydrogen) atoms. The Hall–Kier alpha value is -0.840. The molecule has 0 unspecified atom stereocenters. The van der Waals surface area contributed by atoms with E-state index < -0.39 is 0 Å². The van der Waals surface area contributed by atoms with Gasteiger partial charge in [-0.15, -0.1) is 0 Å². The summed E-state index contributed by atoms with van der Waals surface area (Å²) >= 11 is 3.39. The molecule has 0 aliphatic heterocycles. The third kappa shape index (κ3) is 3.33. The molecule has 1 aromatic rings. The summed E-state index contributed by atoms with van der Waals surface area (Å²) in [5.74, 6) is 2.00. The van der Waals surface area contributed by atoms with Gasteiger partial charge >= 0.3 is 0 Å². The van der Waals surface area contributed by atoms with Gasteiger partial charge in [0.05, 0.1) is 17.3 Å². The van der Waals surface area contributed by atoms with Crippen LogP contribution in [-0.2, 0) is 0 Å². The molecule has 0 atom stereocenters. The normalized spacial score (nSPS) is 14.9. The van der Waals surface area contributed by atoms with Crippen molar-refractivity contribution >= 4 is 21.9 Å². The summed E-state index contributed by atoms with van der Waals surface area (Å²) in [5.41, 5.74) is 0. The van der Waals surface area contributed by atoms with Crippen molar-refractivity contribution in [2.75, 3.05) is 18.5 Å². The van der Waals surface area contributed by atoms with Crippen LogP contribution in [0.3, 0.4) is 0 Å². The average Bonchev–Trinajstić information content (AvgIpc) is 3.10. The molecule has 1 aliphatic rings. The van der Waals surface area contributed by atoms with Crippen LogP contribution in [0.2, 0.25) is 0 Å². The number of anilines is 1. The van der Waals surface area contributed by atoms with Crippen molar-refractivity contribution in [3.63, 3.8) is 0 Å². The highest BCUT2D eigenvalue weighted by molar-refractivity contribution is 9.10. The van der Waals surface area contributed by atoms with Crippen molar-refractivity contribution in [3.05, 3.63) is 10.7 Å². The van der Waals surface area contributed by atoms with E-state index in [-0.39, 0.29) is 0 Å². The molecule has 1 aliphatic carbocycles. The second-order valence-corrected chi connectivity index (χ2v) is 4.88. The van der Waals surface area contributed by atoms with Gasteiger partial charge in [-0.2, -0.15) is 4.98 Å². The van der Waals surface area contributed by atoms with Crippen molar-refractivity contribution < 1.29 is 4.74 Å². The smallest absolute Gasteiger partial charge is 0.232 e. The van der Waals surface area contributed by atoms with Crippen LogP contribution in [0.4, 0.5) is 5.95 Å². The van der Waals surface area contributed by atoms with E-state index in [1.165, 1.54) is 12.8 Å². The predicted octanol–water partition coefficient (Wildman–Crippen LogP) is 2.85. The molecule has 88 valence electrons. The lowest BCUT2D eigenvalue weighted by Gasteiger charge is -2.08. The minimum Gasteiger partial charge on any atom is -0.476 e. The number of nitrogens with one attached hydrogen (secondary N) is 1. The van der Waals surface area contributed by atoms with Crippen LogP contribution < -0.4 is 10.1 Å². The maximum absolute atomic E-state index is 5.64. The molecule has 4 nitrogen and oxygen atoms in total. The van der Waals surface area contributed by atoms with Gasteiger partial charge in [-0.25, -0.2) is 4.98 Å². The van der Waals surface area contributed by atoms with Crippen molar-refractivity contribution in [2.45, 2.75) is 26.2 Å². The van der Waals surface area contributed by atoms with Gasteiger partial charge in [0.1, 0.15) is 0 Å². The first-order valence-electron chi connectivity index (χ1n) is 5.68. The van der Waals surface area contributed by atoms with E-state index in [1.807, 2.05) is 0 Å². The Kier molecular flexibility index (Phi) is 3.98. The van der Waals surface area contributed by atoms with Crippen molar-refractivity contribution in [1.82, 2.24) is 9.97 Å². The maximum atomic E-state index is 5.64. The summed E-state index contributed by atoms with van der Waals surface area (Å²) < 4.78 is 6.46. The Balaban J connectivity index is 1.96. The fourth-order valence-corrected chi connectivity index (χ4v) is 1.56.